The summed E-state index contributed by atoms with van der Waals surface area (Å²) in [4.78, 5) is 26.2. The number of unbranched alkanes of at least 4 members (excludes halogenated alkanes) is 6. The summed E-state index contributed by atoms with van der Waals surface area (Å²) < 4.78 is 23.1. The van der Waals surface area contributed by atoms with Crippen molar-refractivity contribution >= 4 is 55.4 Å². The molecule has 0 amide bonds. The smallest absolute Gasteiger partial charge is 0.434 e. The minimum Gasteiger partial charge on any atom is -0.434 e. The number of ether oxygens (including phenoxy) is 4. The van der Waals surface area contributed by atoms with Crippen molar-refractivity contribution in [1.82, 2.24) is 0 Å². The zero-order valence-corrected chi connectivity index (χ0v) is 32.4. The zero-order chi connectivity index (χ0) is 37.9. The van der Waals surface area contributed by atoms with E-state index in [1.807, 2.05) is 50.2 Å². The van der Waals surface area contributed by atoms with Crippen molar-refractivity contribution in [3.63, 3.8) is 0 Å². The van der Waals surface area contributed by atoms with Gasteiger partial charge in [0.15, 0.2) is 0 Å². The predicted molar refractivity (Wildman–Crippen MR) is 222 cm³/mol. The SMILES string of the molecule is CCCCCCc1ccc2c(OC(=O)OCCC)c3ccccc3c(-c3c4ccccc4c(OC(=O)OCCC)c4ccc(CCCCCC)cc34)c2c1. The van der Waals surface area contributed by atoms with Crippen LogP contribution in [0.5, 0.6) is 11.5 Å². The Balaban J connectivity index is 1.69. The molecule has 0 radical (unpaired) electrons. The van der Waals surface area contributed by atoms with Crippen LogP contribution in [0.1, 0.15) is 103 Å². The molecular formula is C48H54O6. The molecular weight excluding hydrogens is 673 g/mol. The molecule has 0 atom stereocenters. The average Bonchev–Trinajstić information content (AvgIpc) is 3.20. The molecule has 6 rings (SSSR count). The standard InChI is InChI=1S/C48H54O6/c1-5-9-11-13-19-33-25-27-39-41(31-33)43(35-21-15-17-23-37(35)45(39)53-47(49)51-29-7-3)44-36-22-16-18-24-38(36)46(54-48(50)52-30-8-4)40-28-26-34(32-42(40)44)20-14-12-10-6-2/h15-18,21-28,31-32H,5-14,19-20,29-30H2,1-4H3. The molecule has 0 heterocycles. The van der Waals surface area contributed by atoms with E-state index in [9.17, 15) is 9.59 Å². The van der Waals surface area contributed by atoms with Crippen molar-refractivity contribution in [2.45, 2.75) is 105 Å². The lowest BCUT2D eigenvalue weighted by Gasteiger charge is -2.22. The fourth-order valence-electron chi connectivity index (χ4n) is 7.55. The molecule has 6 nitrogen and oxygen atoms in total. The monoisotopic (exact) mass is 726 g/mol. The molecule has 0 aromatic heterocycles. The van der Waals surface area contributed by atoms with Gasteiger partial charge in [0, 0.05) is 21.5 Å². The summed E-state index contributed by atoms with van der Waals surface area (Å²) in [5.41, 5.74) is 4.57. The van der Waals surface area contributed by atoms with E-state index in [0.29, 0.717) is 24.3 Å². The molecule has 0 saturated heterocycles. The molecule has 0 spiro atoms. The van der Waals surface area contributed by atoms with Crippen LogP contribution in [0, 0.1) is 0 Å². The molecule has 0 fully saturated rings. The van der Waals surface area contributed by atoms with E-state index < -0.39 is 12.3 Å². The Kier molecular flexibility index (Phi) is 13.4. The highest BCUT2D eigenvalue weighted by Gasteiger charge is 2.25. The maximum Gasteiger partial charge on any atom is 0.513 e. The van der Waals surface area contributed by atoms with Crippen LogP contribution in [-0.4, -0.2) is 25.5 Å². The Morgan fingerprint density at radius 3 is 1.20 bits per heavy atom. The fraction of sp³-hybridized carbons (Fsp3) is 0.375. The van der Waals surface area contributed by atoms with Crippen LogP contribution in [0.15, 0.2) is 84.9 Å². The van der Waals surface area contributed by atoms with Gasteiger partial charge in [-0.3, -0.25) is 0 Å². The molecule has 0 aliphatic rings. The maximum absolute atomic E-state index is 13.1. The quantitative estimate of drug-likeness (QED) is 0.0403. The number of hydrogen-bond donors (Lipinski definition) is 0. The number of benzene rings is 6. The third kappa shape index (κ3) is 8.65. The molecule has 6 aromatic rings. The van der Waals surface area contributed by atoms with E-state index in [-0.39, 0.29) is 13.2 Å². The normalized spacial score (nSPS) is 11.4. The second kappa shape index (κ2) is 18.8. The van der Waals surface area contributed by atoms with Gasteiger partial charge in [0.05, 0.1) is 13.2 Å². The number of carbonyl (C=O) groups is 2. The lowest BCUT2D eigenvalue weighted by atomic mass is 9.84. The lowest BCUT2D eigenvalue weighted by molar-refractivity contribution is 0.0991. The largest absolute Gasteiger partial charge is 0.513 e. The predicted octanol–water partition coefficient (Wildman–Crippen LogP) is 14.1. The number of carbonyl (C=O) groups excluding carboxylic acids is 2. The minimum atomic E-state index is -0.709. The van der Waals surface area contributed by atoms with Gasteiger partial charge in [-0.25, -0.2) is 9.59 Å². The summed E-state index contributed by atoms with van der Waals surface area (Å²) in [6, 6.07) is 29.4. The second-order valence-electron chi connectivity index (χ2n) is 14.3. The molecule has 0 aliphatic carbocycles. The summed E-state index contributed by atoms with van der Waals surface area (Å²) in [5, 5.41) is 7.23. The van der Waals surface area contributed by atoms with Crippen molar-refractivity contribution < 1.29 is 28.5 Å². The number of hydrogen-bond acceptors (Lipinski definition) is 6. The van der Waals surface area contributed by atoms with Gasteiger partial charge in [0.2, 0.25) is 0 Å². The van der Waals surface area contributed by atoms with Crippen molar-refractivity contribution in [2.75, 3.05) is 13.2 Å². The van der Waals surface area contributed by atoms with Gasteiger partial charge in [-0.05, 0) is 82.3 Å². The molecule has 54 heavy (non-hydrogen) atoms. The van der Waals surface area contributed by atoms with E-state index in [0.717, 1.165) is 79.9 Å². The summed E-state index contributed by atoms with van der Waals surface area (Å²) in [7, 11) is 0. The first-order chi connectivity index (χ1) is 26.5. The van der Waals surface area contributed by atoms with E-state index in [1.165, 1.54) is 49.7 Å². The topological polar surface area (TPSA) is 71.1 Å². The highest BCUT2D eigenvalue weighted by atomic mass is 16.7. The lowest BCUT2D eigenvalue weighted by Crippen LogP contribution is -2.12. The van der Waals surface area contributed by atoms with Gasteiger partial charge in [0.1, 0.15) is 11.5 Å². The first-order valence-electron chi connectivity index (χ1n) is 20.1. The molecule has 6 aromatic carbocycles. The van der Waals surface area contributed by atoms with Crippen molar-refractivity contribution in [2.24, 2.45) is 0 Å². The molecule has 0 saturated carbocycles. The Morgan fingerprint density at radius 2 is 0.815 bits per heavy atom. The highest BCUT2D eigenvalue weighted by Crippen LogP contribution is 2.50. The summed E-state index contributed by atoms with van der Waals surface area (Å²) in [6.45, 7) is 8.96. The minimum absolute atomic E-state index is 0.286. The van der Waals surface area contributed by atoms with Crippen LogP contribution >= 0.6 is 0 Å². The van der Waals surface area contributed by atoms with Crippen LogP contribution in [0.4, 0.5) is 9.59 Å². The first-order valence-corrected chi connectivity index (χ1v) is 20.1. The van der Waals surface area contributed by atoms with Crippen LogP contribution in [-0.2, 0) is 22.3 Å². The van der Waals surface area contributed by atoms with Gasteiger partial charge in [-0.2, -0.15) is 0 Å². The Morgan fingerprint density at radius 1 is 0.426 bits per heavy atom. The summed E-state index contributed by atoms with van der Waals surface area (Å²) in [6.07, 6.45) is 11.2. The number of fused-ring (bicyclic) bond motifs is 4. The molecule has 282 valence electrons. The Labute approximate surface area is 319 Å². The van der Waals surface area contributed by atoms with Gasteiger partial charge in [0.25, 0.3) is 0 Å². The molecule has 6 heteroatoms. The molecule has 0 aliphatic heterocycles. The molecule has 0 N–H and O–H groups in total. The van der Waals surface area contributed by atoms with Gasteiger partial charge in [-0.15, -0.1) is 0 Å². The summed E-state index contributed by atoms with van der Waals surface area (Å²) >= 11 is 0. The third-order valence-electron chi connectivity index (χ3n) is 10.2. The van der Waals surface area contributed by atoms with Crippen LogP contribution in [0.25, 0.3) is 54.2 Å². The fourth-order valence-corrected chi connectivity index (χ4v) is 7.55. The van der Waals surface area contributed by atoms with E-state index >= 15 is 0 Å². The molecule has 0 bridgehead atoms. The van der Waals surface area contributed by atoms with Crippen molar-refractivity contribution in [3.8, 4) is 22.6 Å². The van der Waals surface area contributed by atoms with Gasteiger partial charge >= 0.3 is 12.3 Å². The van der Waals surface area contributed by atoms with Crippen LogP contribution in [0.3, 0.4) is 0 Å². The maximum atomic E-state index is 13.1. The number of rotatable bonds is 17. The second-order valence-corrected chi connectivity index (χ2v) is 14.3. The van der Waals surface area contributed by atoms with E-state index in [1.54, 1.807) is 0 Å². The van der Waals surface area contributed by atoms with Crippen molar-refractivity contribution in [3.05, 3.63) is 96.1 Å². The van der Waals surface area contributed by atoms with Gasteiger partial charge in [-0.1, -0.05) is 151 Å². The van der Waals surface area contributed by atoms with Crippen molar-refractivity contribution in [1.29, 1.82) is 0 Å². The zero-order valence-electron chi connectivity index (χ0n) is 32.4. The van der Waals surface area contributed by atoms with E-state index in [2.05, 4.69) is 62.4 Å². The summed E-state index contributed by atoms with van der Waals surface area (Å²) in [5.74, 6) is 0.985. The number of aryl methyl sites for hydroxylation is 2. The average molecular weight is 727 g/mol. The Bertz CT molecular complexity index is 2080. The Hall–Kier alpha value is -5.10. The van der Waals surface area contributed by atoms with Crippen LogP contribution in [0.2, 0.25) is 0 Å². The first kappa shape index (κ1) is 38.6. The molecule has 0 unspecified atom stereocenters. The third-order valence-corrected chi connectivity index (χ3v) is 10.2. The van der Waals surface area contributed by atoms with Crippen LogP contribution < -0.4 is 9.47 Å². The van der Waals surface area contributed by atoms with Gasteiger partial charge < -0.3 is 18.9 Å². The van der Waals surface area contributed by atoms with E-state index in [4.69, 9.17) is 18.9 Å². The highest BCUT2D eigenvalue weighted by molar-refractivity contribution is 6.27.